The summed E-state index contributed by atoms with van der Waals surface area (Å²) in [4.78, 5) is 12.6. The molecular weight excluding hydrogens is 247 g/mol. The minimum Gasteiger partial charge on any atom is -0.353 e. The third kappa shape index (κ3) is 2.23. The first-order chi connectivity index (χ1) is 9.25. The van der Waals surface area contributed by atoms with Crippen molar-refractivity contribution in [3.63, 3.8) is 0 Å². The van der Waals surface area contributed by atoms with Gasteiger partial charge in [0.15, 0.2) is 0 Å². The molecule has 0 aliphatic carbocycles. The van der Waals surface area contributed by atoms with Gasteiger partial charge in [0.25, 0.3) is 0 Å². The number of nitrogens with zero attached hydrogens (tertiary/aromatic N) is 5. The molecule has 0 saturated carbocycles. The van der Waals surface area contributed by atoms with Crippen LogP contribution >= 0.6 is 0 Å². The first kappa shape index (κ1) is 11.9. The molecule has 0 atom stereocenters. The lowest BCUT2D eigenvalue weighted by molar-refractivity contribution is 0.603. The zero-order valence-electron chi connectivity index (χ0n) is 10.7. The third-order valence-corrected chi connectivity index (χ3v) is 3.39. The number of rotatable bonds is 2. The quantitative estimate of drug-likeness (QED) is 0.874. The lowest BCUT2D eigenvalue weighted by Crippen LogP contribution is -2.47. The van der Waals surface area contributed by atoms with E-state index in [1.807, 2.05) is 0 Å². The normalized spacial score (nSPS) is 15.9. The lowest BCUT2D eigenvalue weighted by Gasteiger charge is -2.35. The molecule has 0 spiro atoms. The summed E-state index contributed by atoms with van der Waals surface area (Å²) >= 11 is 0. The van der Waals surface area contributed by atoms with Crippen molar-refractivity contribution in [3.05, 3.63) is 30.0 Å². The van der Waals surface area contributed by atoms with Crippen LogP contribution < -0.4 is 9.80 Å². The number of aromatic nitrogens is 4. The zero-order valence-corrected chi connectivity index (χ0v) is 10.7. The molecule has 0 unspecified atom stereocenters. The van der Waals surface area contributed by atoms with Gasteiger partial charge in [0.1, 0.15) is 18.0 Å². The Kier molecular flexibility index (Phi) is 3.02. The number of piperazine rings is 1. The predicted molar refractivity (Wildman–Crippen MR) is 69.7 cm³/mol. The van der Waals surface area contributed by atoms with Gasteiger partial charge in [-0.05, 0) is 13.0 Å². The van der Waals surface area contributed by atoms with Crippen LogP contribution in [0.5, 0.6) is 0 Å². The number of aromatic amines is 1. The first-order valence-electron chi connectivity index (χ1n) is 6.22. The van der Waals surface area contributed by atoms with Crippen LogP contribution in [0.25, 0.3) is 0 Å². The summed E-state index contributed by atoms with van der Waals surface area (Å²) in [6, 6.07) is 1.39. The minimum atomic E-state index is -0.206. The molecular formula is C12H15FN6. The Labute approximate surface area is 110 Å². The van der Waals surface area contributed by atoms with E-state index in [1.165, 1.54) is 18.6 Å². The van der Waals surface area contributed by atoms with E-state index in [4.69, 9.17) is 0 Å². The average molecular weight is 262 g/mol. The minimum absolute atomic E-state index is 0.206. The lowest BCUT2D eigenvalue weighted by atomic mass is 10.2. The second-order valence-electron chi connectivity index (χ2n) is 4.52. The summed E-state index contributed by atoms with van der Waals surface area (Å²) in [5.74, 6) is 1.31. The average Bonchev–Trinajstić information content (AvgIpc) is 2.96. The molecule has 0 aromatic carbocycles. The van der Waals surface area contributed by atoms with Gasteiger partial charge in [-0.3, -0.25) is 0 Å². The van der Waals surface area contributed by atoms with Crippen molar-refractivity contribution in [2.75, 3.05) is 36.0 Å². The van der Waals surface area contributed by atoms with Gasteiger partial charge in [-0.15, -0.1) is 0 Å². The Morgan fingerprint density at radius 3 is 2.58 bits per heavy atom. The molecule has 1 aliphatic rings. The van der Waals surface area contributed by atoms with Crippen molar-refractivity contribution in [2.45, 2.75) is 6.92 Å². The van der Waals surface area contributed by atoms with E-state index in [2.05, 4.69) is 30.0 Å². The van der Waals surface area contributed by atoms with Crippen molar-refractivity contribution in [1.82, 2.24) is 20.2 Å². The molecule has 19 heavy (non-hydrogen) atoms. The Balaban J connectivity index is 1.72. The van der Waals surface area contributed by atoms with Crippen LogP contribution in [0.4, 0.5) is 16.2 Å². The number of pyridine rings is 1. The second kappa shape index (κ2) is 4.83. The van der Waals surface area contributed by atoms with Crippen molar-refractivity contribution in [3.8, 4) is 0 Å². The van der Waals surface area contributed by atoms with Crippen molar-refractivity contribution < 1.29 is 4.39 Å². The van der Waals surface area contributed by atoms with Crippen LogP contribution in [0.3, 0.4) is 0 Å². The third-order valence-electron chi connectivity index (χ3n) is 3.39. The van der Waals surface area contributed by atoms with Gasteiger partial charge < -0.3 is 9.80 Å². The number of halogens is 1. The van der Waals surface area contributed by atoms with E-state index in [0.29, 0.717) is 5.56 Å². The van der Waals surface area contributed by atoms with Gasteiger partial charge in [-0.25, -0.2) is 14.5 Å². The fourth-order valence-corrected chi connectivity index (χ4v) is 2.30. The van der Waals surface area contributed by atoms with Crippen molar-refractivity contribution in [1.29, 1.82) is 0 Å². The molecule has 0 bridgehead atoms. The van der Waals surface area contributed by atoms with Crippen LogP contribution in [-0.2, 0) is 0 Å². The summed E-state index contributed by atoms with van der Waals surface area (Å²) in [5, 5.41) is 6.70. The Hall–Kier alpha value is -2.18. The van der Waals surface area contributed by atoms with E-state index in [1.54, 1.807) is 6.92 Å². The number of hydrogen-bond donors (Lipinski definition) is 1. The summed E-state index contributed by atoms with van der Waals surface area (Å²) < 4.78 is 13.5. The smallest absolute Gasteiger partial charge is 0.221 e. The second-order valence-corrected chi connectivity index (χ2v) is 4.52. The highest BCUT2D eigenvalue weighted by Crippen LogP contribution is 2.21. The summed E-state index contributed by atoms with van der Waals surface area (Å²) in [5.41, 5.74) is 0.607. The molecule has 1 aliphatic heterocycles. The molecule has 2 aromatic heterocycles. The maximum absolute atomic E-state index is 13.5. The highest BCUT2D eigenvalue weighted by atomic mass is 19.1. The Morgan fingerprint density at radius 2 is 1.89 bits per heavy atom. The molecule has 3 rings (SSSR count). The van der Waals surface area contributed by atoms with E-state index < -0.39 is 0 Å². The fraction of sp³-hybridized carbons (Fsp3) is 0.417. The van der Waals surface area contributed by atoms with Crippen LogP contribution in [-0.4, -0.2) is 46.3 Å². The standard InChI is InChI=1S/C12H15FN6/c1-9-10(13)2-3-14-11(9)18-4-6-19(7-5-18)12-15-8-16-17-12/h2-3,8H,4-7H2,1H3,(H,15,16,17). The van der Waals surface area contributed by atoms with E-state index in [-0.39, 0.29) is 5.82 Å². The van der Waals surface area contributed by atoms with E-state index in [9.17, 15) is 4.39 Å². The monoisotopic (exact) mass is 262 g/mol. The molecule has 1 fully saturated rings. The molecule has 3 heterocycles. The number of nitrogens with one attached hydrogen (secondary N) is 1. The summed E-state index contributed by atoms with van der Waals surface area (Å²) in [7, 11) is 0. The van der Waals surface area contributed by atoms with Gasteiger partial charge in [-0.2, -0.15) is 10.1 Å². The highest BCUT2D eigenvalue weighted by Gasteiger charge is 2.21. The van der Waals surface area contributed by atoms with E-state index >= 15 is 0 Å². The van der Waals surface area contributed by atoms with Crippen molar-refractivity contribution in [2.24, 2.45) is 0 Å². The molecule has 6 nitrogen and oxygen atoms in total. The number of H-pyrrole nitrogens is 1. The van der Waals surface area contributed by atoms with E-state index in [0.717, 1.165) is 37.9 Å². The van der Waals surface area contributed by atoms with Crippen LogP contribution in [0.1, 0.15) is 5.56 Å². The molecule has 1 saturated heterocycles. The first-order valence-corrected chi connectivity index (χ1v) is 6.22. The maximum atomic E-state index is 13.5. The number of hydrogen-bond acceptors (Lipinski definition) is 5. The van der Waals surface area contributed by atoms with Crippen LogP contribution in [0.15, 0.2) is 18.6 Å². The largest absolute Gasteiger partial charge is 0.353 e. The molecule has 1 N–H and O–H groups in total. The molecule has 0 amide bonds. The van der Waals surface area contributed by atoms with Gasteiger partial charge in [0.2, 0.25) is 5.95 Å². The zero-order chi connectivity index (χ0) is 13.2. The maximum Gasteiger partial charge on any atom is 0.221 e. The summed E-state index contributed by atoms with van der Waals surface area (Å²) in [6.45, 7) is 4.97. The number of anilines is 2. The summed E-state index contributed by atoms with van der Waals surface area (Å²) in [6.07, 6.45) is 3.01. The molecule has 100 valence electrons. The van der Waals surface area contributed by atoms with Gasteiger partial charge >= 0.3 is 0 Å². The van der Waals surface area contributed by atoms with Crippen molar-refractivity contribution >= 4 is 11.8 Å². The molecule has 0 radical (unpaired) electrons. The van der Waals surface area contributed by atoms with Gasteiger partial charge in [0, 0.05) is 37.9 Å². The SMILES string of the molecule is Cc1c(F)ccnc1N1CCN(c2ncn[nH]2)CC1. The van der Waals surface area contributed by atoms with Gasteiger partial charge in [0.05, 0.1) is 0 Å². The molecule has 2 aromatic rings. The predicted octanol–water partition coefficient (Wildman–Crippen LogP) is 0.974. The molecule has 7 heteroatoms. The fourth-order valence-electron chi connectivity index (χ4n) is 2.30. The Morgan fingerprint density at radius 1 is 1.16 bits per heavy atom. The highest BCUT2D eigenvalue weighted by molar-refractivity contribution is 5.48. The topological polar surface area (TPSA) is 60.9 Å². The van der Waals surface area contributed by atoms with Crippen LogP contribution in [0.2, 0.25) is 0 Å². The van der Waals surface area contributed by atoms with Gasteiger partial charge in [-0.1, -0.05) is 0 Å². The van der Waals surface area contributed by atoms with Crippen LogP contribution in [0, 0.1) is 12.7 Å². The Bertz CT molecular complexity index is 547.